The molecule has 2 aliphatic rings. The number of nitrogen functional groups attached to an aromatic ring is 1. The van der Waals surface area contributed by atoms with Crippen LogP contribution in [0.25, 0.3) is 0 Å². The van der Waals surface area contributed by atoms with E-state index in [1.165, 1.54) is 12.1 Å². The van der Waals surface area contributed by atoms with Crippen molar-refractivity contribution in [1.29, 1.82) is 0 Å². The van der Waals surface area contributed by atoms with Crippen molar-refractivity contribution in [2.24, 2.45) is 5.92 Å². The molecule has 108 valence electrons. The van der Waals surface area contributed by atoms with Crippen molar-refractivity contribution in [3.05, 3.63) is 29.6 Å². The topological polar surface area (TPSA) is 58.4 Å². The summed E-state index contributed by atoms with van der Waals surface area (Å²) in [5, 5.41) is 3.08. The van der Waals surface area contributed by atoms with Crippen molar-refractivity contribution in [2.75, 3.05) is 18.8 Å². The summed E-state index contributed by atoms with van der Waals surface area (Å²) in [6, 6.07) is 4.93. The van der Waals surface area contributed by atoms with Crippen molar-refractivity contribution < 1.29 is 9.18 Å². The number of piperidine rings is 2. The molecule has 0 saturated carbocycles. The standard InChI is InChI=1S/C15H20FN3O/c16-12-3-1-10(13(17)7-12)8-19-6-5-14-11(9-19)2-4-15(20)18-14/h1,3,7,11,14H,2,4-6,8-9,17H2,(H,18,20). The second kappa shape index (κ2) is 5.40. The third-order valence-corrected chi connectivity index (χ3v) is 4.41. The molecule has 2 saturated heterocycles. The third-order valence-electron chi connectivity index (χ3n) is 4.41. The average molecular weight is 277 g/mol. The summed E-state index contributed by atoms with van der Waals surface area (Å²) in [4.78, 5) is 13.7. The number of fused-ring (bicyclic) bond motifs is 1. The first-order valence-corrected chi connectivity index (χ1v) is 7.17. The van der Waals surface area contributed by atoms with Crippen LogP contribution in [0.15, 0.2) is 18.2 Å². The van der Waals surface area contributed by atoms with Gasteiger partial charge in [-0.3, -0.25) is 9.69 Å². The Kier molecular flexibility index (Phi) is 3.61. The summed E-state index contributed by atoms with van der Waals surface area (Å²) in [7, 11) is 0. The van der Waals surface area contributed by atoms with Gasteiger partial charge in [-0.15, -0.1) is 0 Å². The minimum absolute atomic E-state index is 0.183. The Labute approximate surface area is 118 Å². The molecule has 0 radical (unpaired) electrons. The van der Waals surface area contributed by atoms with Crippen LogP contribution in [-0.2, 0) is 11.3 Å². The van der Waals surface area contributed by atoms with Gasteiger partial charge < -0.3 is 11.1 Å². The quantitative estimate of drug-likeness (QED) is 0.806. The van der Waals surface area contributed by atoms with Gasteiger partial charge in [0.25, 0.3) is 0 Å². The minimum atomic E-state index is -0.292. The molecule has 1 aromatic rings. The number of carbonyl (C=O) groups excluding carboxylic acids is 1. The monoisotopic (exact) mass is 277 g/mol. The van der Waals surface area contributed by atoms with Gasteiger partial charge in [0, 0.05) is 37.8 Å². The van der Waals surface area contributed by atoms with Gasteiger partial charge in [0.2, 0.25) is 5.91 Å². The lowest BCUT2D eigenvalue weighted by Crippen LogP contribution is -2.53. The number of nitrogens with two attached hydrogens (primary N) is 1. The van der Waals surface area contributed by atoms with E-state index in [4.69, 9.17) is 5.73 Å². The fraction of sp³-hybridized carbons (Fsp3) is 0.533. The number of benzene rings is 1. The highest BCUT2D eigenvalue weighted by molar-refractivity contribution is 5.77. The maximum absolute atomic E-state index is 13.1. The lowest BCUT2D eigenvalue weighted by atomic mass is 9.85. The second-order valence-electron chi connectivity index (χ2n) is 5.84. The van der Waals surface area contributed by atoms with Crippen LogP contribution in [0.5, 0.6) is 0 Å². The number of halogens is 1. The first-order chi connectivity index (χ1) is 9.61. The largest absolute Gasteiger partial charge is 0.398 e. The van der Waals surface area contributed by atoms with Gasteiger partial charge in [0.05, 0.1) is 0 Å². The molecule has 3 rings (SSSR count). The molecule has 1 amide bonds. The van der Waals surface area contributed by atoms with Gasteiger partial charge in [-0.25, -0.2) is 4.39 Å². The molecule has 2 heterocycles. The molecule has 2 fully saturated rings. The van der Waals surface area contributed by atoms with E-state index in [2.05, 4.69) is 10.2 Å². The van der Waals surface area contributed by atoms with E-state index in [9.17, 15) is 9.18 Å². The molecule has 1 aromatic carbocycles. The number of hydrogen-bond donors (Lipinski definition) is 2. The van der Waals surface area contributed by atoms with Crippen molar-refractivity contribution in [3.8, 4) is 0 Å². The van der Waals surface area contributed by atoms with Gasteiger partial charge in [0.1, 0.15) is 5.82 Å². The molecular weight excluding hydrogens is 257 g/mol. The highest BCUT2D eigenvalue weighted by atomic mass is 19.1. The molecule has 2 atom stereocenters. The average Bonchev–Trinajstić information content (AvgIpc) is 2.42. The van der Waals surface area contributed by atoms with Crippen molar-refractivity contribution in [1.82, 2.24) is 10.2 Å². The van der Waals surface area contributed by atoms with E-state index in [1.807, 2.05) is 0 Å². The number of nitrogens with one attached hydrogen (secondary N) is 1. The van der Waals surface area contributed by atoms with Gasteiger partial charge in [-0.1, -0.05) is 6.07 Å². The van der Waals surface area contributed by atoms with Crippen molar-refractivity contribution >= 4 is 11.6 Å². The summed E-state index contributed by atoms with van der Waals surface area (Å²) in [6.45, 7) is 2.67. The number of carbonyl (C=O) groups is 1. The molecule has 0 bridgehead atoms. The van der Waals surface area contributed by atoms with Crippen LogP contribution >= 0.6 is 0 Å². The van der Waals surface area contributed by atoms with Gasteiger partial charge in [-0.05, 0) is 36.5 Å². The first kappa shape index (κ1) is 13.4. The van der Waals surface area contributed by atoms with E-state index in [0.717, 1.165) is 38.0 Å². The fourth-order valence-electron chi connectivity index (χ4n) is 3.28. The molecule has 2 unspecified atom stereocenters. The number of amides is 1. The van der Waals surface area contributed by atoms with E-state index in [-0.39, 0.29) is 11.7 Å². The molecule has 0 aliphatic carbocycles. The normalized spacial score (nSPS) is 26.9. The number of nitrogens with zero attached hydrogens (tertiary/aromatic N) is 1. The fourth-order valence-corrected chi connectivity index (χ4v) is 3.28. The van der Waals surface area contributed by atoms with E-state index >= 15 is 0 Å². The second-order valence-corrected chi connectivity index (χ2v) is 5.84. The molecular formula is C15H20FN3O. The molecule has 5 heteroatoms. The van der Waals surface area contributed by atoms with Crippen LogP contribution in [0.2, 0.25) is 0 Å². The predicted molar refractivity (Wildman–Crippen MR) is 75.4 cm³/mol. The van der Waals surface area contributed by atoms with Crippen LogP contribution in [0.4, 0.5) is 10.1 Å². The van der Waals surface area contributed by atoms with E-state index < -0.39 is 0 Å². The smallest absolute Gasteiger partial charge is 0.220 e. The minimum Gasteiger partial charge on any atom is -0.398 e. The zero-order chi connectivity index (χ0) is 14.1. The lowest BCUT2D eigenvalue weighted by molar-refractivity contribution is -0.125. The van der Waals surface area contributed by atoms with Crippen LogP contribution in [-0.4, -0.2) is 29.9 Å². The Morgan fingerprint density at radius 3 is 3.05 bits per heavy atom. The summed E-state index contributed by atoms with van der Waals surface area (Å²) >= 11 is 0. The summed E-state index contributed by atoms with van der Waals surface area (Å²) < 4.78 is 13.1. The Balaban J connectivity index is 1.63. The number of rotatable bonds is 2. The summed E-state index contributed by atoms with van der Waals surface area (Å²) in [5.41, 5.74) is 7.36. The number of hydrogen-bond acceptors (Lipinski definition) is 3. The van der Waals surface area contributed by atoms with Crippen LogP contribution in [0.1, 0.15) is 24.8 Å². The Bertz CT molecular complexity index is 520. The molecule has 0 aromatic heterocycles. The van der Waals surface area contributed by atoms with Crippen molar-refractivity contribution in [3.63, 3.8) is 0 Å². The zero-order valence-electron chi connectivity index (χ0n) is 11.4. The predicted octanol–water partition coefficient (Wildman–Crippen LogP) is 1.51. The number of anilines is 1. The molecule has 2 aliphatic heterocycles. The SMILES string of the molecule is Nc1cc(F)ccc1CN1CCC2NC(=O)CCC2C1. The molecule has 3 N–H and O–H groups in total. The maximum Gasteiger partial charge on any atom is 0.220 e. The Hall–Kier alpha value is -1.62. The number of likely N-dealkylation sites (tertiary alicyclic amines) is 1. The first-order valence-electron chi connectivity index (χ1n) is 7.17. The zero-order valence-corrected chi connectivity index (χ0v) is 11.4. The van der Waals surface area contributed by atoms with E-state index in [1.54, 1.807) is 6.07 Å². The van der Waals surface area contributed by atoms with Crippen LogP contribution < -0.4 is 11.1 Å². The van der Waals surface area contributed by atoms with Crippen LogP contribution in [0, 0.1) is 11.7 Å². The van der Waals surface area contributed by atoms with E-state index in [0.29, 0.717) is 24.1 Å². The Morgan fingerprint density at radius 1 is 1.40 bits per heavy atom. The van der Waals surface area contributed by atoms with Gasteiger partial charge in [-0.2, -0.15) is 0 Å². The molecule has 20 heavy (non-hydrogen) atoms. The summed E-state index contributed by atoms with van der Waals surface area (Å²) in [6.07, 6.45) is 2.58. The third kappa shape index (κ3) is 2.77. The van der Waals surface area contributed by atoms with Crippen molar-refractivity contribution in [2.45, 2.75) is 31.8 Å². The van der Waals surface area contributed by atoms with Gasteiger partial charge >= 0.3 is 0 Å². The molecule has 0 spiro atoms. The highest BCUT2D eigenvalue weighted by Gasteiger charge is 2.33. The van der Waals surface area contributed by atoms with Gasteiger partial charge in [0.15, 0.2) is 0 Å². The lowest BCUT2D eigenvalue weighted by Gasteiger charge is -2.41. The summed E-state index contributed by atoms with van der Waals surface area (Å²) in [5.74, 6) is 0.422. The molecule has 4 nitrogen and oxygen atoms in total. The Morgan fingerprint density at radius 2 is 2.25 bits per heavy atom. The van der Waals surface area contributed by atoms with Crippen LogP contribution in [0.3, 0.4) is 0 Å². The highest BCUT2D eigenvalue weighted by Crippen LogP contribution is 2.27. The maximum atomic E-state index is 13.1.